The number of benzene rings is 2. The predicted molar refractivity (Wildman–Crippen MR) is 126 cm³/mol. The van der Waals surface area contributed by atoms with Gasteiger partial charge in [-0.25, -0.2) is 9.37 Å². The van der Waals surface area contributed by atoms with Crippen LogP contribution in [0.5, 0.6) is 0 Å². The molecular weight excluding hydrogens is 435 g/mol. The van der Waals surface area contributed by atoms with Crippen LogP contribution in [0.2, 0.25) is 5.02 Å². The number of anilines is 2. The molecule has 0 spiro atoms. The minimum Gasteiger partial charge on any atom is -0.368 e. The van der Waals surface area contributed by atoms with Crippen molar-refractivity contribution < 1.29 is 4.39 Å². The van der Waals surface area contributed by atoms with Gasteiger partial charge >= 0.3 is 0 Å². The van der Waals surface area contributed by atoms with E-state index >= 15 is 0 Å². The lowest BCUT2D eigenvalue weighted by atomic mass is 10.1. The molecule has 0 atom stereocenters. The van der Waals surface area contributed by atoms with Gasteiger partial charge in [-0.15, -0.1) is 11.3 Å². The van der Waals surface area contributed by atoms with Crippen LogP contribution in [0.3, 0.4) is 0 Å². The highest BCUT2D eigenvalue weighted by atomic mass is 35.5. The number of halogens is 2. The predicted octanol–water partition coefficient (Wildman–Crippen LogP) is 5.08. The second-order valence-electron chi connectivity index (χ2n) is 7.63. The van der Waals surface area contributed by atoms with Crippen molar-refractivity contribution in [3.8, 4) is 11.1 Å². The monoisotopic (exact) mass is 454 g/mol. The molecule has 5 nitrogen and oxygen atoms in total. The molecular formula is C23H20ClFN4OS. The molecule has 31 heavy (non-hydrogen) atoms. The molecule has 0 amide bonds. The summed E-state index contributed by atoms with van der Waals surface area (Å²) < 4.78 is 13.9. The fourth-order valence-corrected chi connectivity index (χ4v) is 5.06. The summed E-state index contributed by atoms with van der Waals surface area (Å²) in [5.74, 6) is 0.282. The smallest absolute Gasteiger partial charge is 0.270 e. The van der Waals surface area contributed by atoms with E-state index in [0.717, 1.165) is 48.0 Å². The van der Waals surface area contributed by atoms with Crippen LogP contribution in [0.15, 0.2) is 52.6 Å². The van der Waals surface area contributed by atoms with E-state index in [1.165, 1.54) is 29.0 Å². The van der Waals surface area contributed by atoms with Crippen molar-refractivity contribution >= 4 is 44.8 Å². The highest BCUT2D eigenvalue weighted by Crippen LogP contribution is 2.32. The van der Waals surface area contributed by atoms with Crippen molar-refractivity contribution in [2.24, 2.45) is 0 Å². The van der Waals surface area contributed by atoms with Gasteiger partial charge in [-0.05, 0) is 42.3 Å². The number of hydrogen-bond acceptors (Lipinski definition) is 5. The van der Waals surface area contributed by atoms with Gasteiger partial charge in [0.05, 0.1) is 5.52 Å². The van der Waals surface area contributed by atoms with Gasteiger partial charge in [-0.2, -0.15) is 0 Å². The van der Waals surface area contributed by atoms with Gasteiger partial charge in [-0.3, -0.25) is 9.78 Å². The van der Waals surface area contributed by atoms with Gasteiger partial charge in [-0.1, -0.05) is 29.8 Å². The third-order valence-electron chi connectivity index (χ3n) is 5.66. The number of H-pyrrole nitrogens is 1. The van der Waals surface area contributed by atoms with E-state index in [0.29, 0.717) is 16.2 Å². The van der Waals surface area contributed by atoms with Gasteiger partial charge in [0.25, 0.3) is 5.56 Å². The lowest BCUT2D eigenvalue weighted by Gasteiger charge is -2.37. The molecule has 0 bridgehead atoms. The Balaban J connectivity index is 1.43. The normalized spacial score (nSPS) is 14.4. The largest absolute Gasteiger partial charge is 0.368 e. The Morgan fingerprint density at radius 3 is 2.52 bits per heavy atom. The van der Waals surface area contributed by atoms with Crippen molar-refractivity contribution in [1.29, 1.82) is 0 Å². The molecule has 8 heteroatoms. The minimum atomic E-state index is -0.289. The molecule has 2 aromatic heterocycles. The zero-order chi connectivity index (χ0) is 21.5. The van der Waals surface area contributed by atoms with Crippen LogP contribution >= 0.6 is 22.9 Å². The van der Waals surface area contributed by atoms with Crippen LogP contribution in [0.25, 0.3) is 21.3 Å². The van der Waals surface area contributed by atoms with Crippen LogP contribution in [-0.4, -0.2) is 36.1 Å². The molecule has 1 aliphatic heterocycles. The van der Waals surface area contributed by atoms with Crippen molar-refractivity contribution in [2.75, 3.05) is 36.0 Å². The van der Waals surface area contributed by atoms with Crippen LogP contribution < -0.4 is 15.4 Å². The summed E-state index contributed by atoms with van der Waals surface area (Å²) in [6.45, 7) is 5.15. The highest BCUT2D eigenvalue weighted by molar-refractivity contribution is 7.17. The summed E-state index contributed by atoms with van der Waals surface area (Å²) in [6.07, 6.45) is 0. The van der Waals surface area contributed by atoms with Gasteiger partial charge in [0.1, 0.15) is 10.5 Å². The first kappa shape index (κ1) is 20.0. The zero-order valence-corrected chi connectivity index (χ0v) is 18.4. The molecule has 0 radical (unpaired) electrons. The SMILES string of the molecule is Cc1ccc(Cl)cc1N1CCN(c2nc3c(-c4ccc(F)cc4)csc3c(=O)[nH]2)CC1. The van der Waals surface area contributed by atoms with Crippen LogP contribution in [0, 0.1) is 12.7 Å². The topological polar surface area (TPSA) is 52.2 Å². The van der Waals surface area contributed by atoms with E-state index in [1.807, 2.05) is 23.6 Å². The van der Waals surface area contributed by atoms with Crippen LogP contribution in [0.4, 0.5) is 16.0 Å². The number of aryl methyl sites for hydroxylation is 1. The number of piperazine rings is 1. The second-order valence-corrected chi connectivity index (χ2v) is 8.94. The number of hydrogen-bond donors (Lipinski definition) is 1. The maximum atomic E-state index is 13.3. The minimum absolute atomic E-state index is 0.147. The fourth-order valence-electron chi connectivity index (χ4n) is 3.98. The number of aromatic amines is 1. The summed E-state index contributed by atoms with van der Waals surface area (Å²) in [4.78, 5) is 24.9. The highest BCUT2D eigenvalue weighted by Gasteiger charge is 2.22. The molecule has 1 fully saturated rings. The molecule has 0 unspecified atom stereocenters. The molecule has 4 aromatic rings. The van der Waals surface area contributed by atoms with Gasteiger partial charge < -0.3 is 9.80 Å². The molecule has 1 saturated heterocycles. The average Bonchev–Trinajstić information content (AvgIpc) is 3.21. The van der Waals surface area contributed by atoms with Crippen LogP contribution in [0.1, 0.15) is 5.56 Å². The first-order chi connectivity index (χ1) is 15.0. The van der Waals surface area contributed by atoms with Gasteiger partial charge in [0, 0.05) is 47.8 Å². The van der Waals surface area contributed by atoms with E-state index in [4.69, 9.17) is 16.6 Å². The molecule has 5 rings (SSSR count). The second kappa shape index (κ2) is 7.98. The Morgan fingerprint density at radius 2 is 1.77 bits per heavy atom. The zero-order valence-electron chi connectivity index (χ0n) is 16.9. The molecule has 3 heterocycles. The van der Waals surface area contributed by atoms with Gasteiger partial charge in [0.15, 0.2) is 0 Å². The Kier molecular flexibility index (Phi) is 5.16. The number of fused-ring (bicyclic) bond motifs is 1. The quantitative estimate of drug-likeness (QED) is 0.469. The Morgan fingerprint density at radius 1 is 1.06 bits per heavy atom. The summed E-state index contributed by atoms with van der Waals surface area (Å²) in [6, 6.07) is 12.2. The van der Waals surface area contributed by atoms with E-state index < -0.39 is 0 Å². The number of nitrogens with one attached hydrogen (secondary N) is 1. The van der Waals surface area contributed by atoms with E-state index in [2.05, 4.69) is 21.7 Å². The third kappa shape index (κ3) is 3.79. The Bertz CT molecular complexity index is 1310. The average molecular weight is 455 g/mol. The molecule has 1 aliphatic rings. The van der Waals surface area contributed by atoms with Crippen molar-refractivity contribution in [2.45, 2.75) is 6.92 Å². The van der Waals surface area contributed by atoms with Crippen molar-refractivity contribution in [3.63, 3.8) is 0 Å². The van der Waals surface area contributed by atoms with E-state index in [9.17, 15) is 9.18 Å². The number of rotatable bonds is 3. The molecule has 158 valence electrons. The van der Waals surface area contributed by atoms with Crippen molar-refractivity contribution in [3.05, 3.63) is 74.6 Å². The first-order valence-corrected chi connectivity index (χ1v) is 11.3. The molecule has 0 aliphatic carbocycles. The number of nitrogens with zero attached hydrogens (tertiary/aromatic N) is 3. The molecule has 1 N–H and O–H groups in total. The molecule has 2 aromatic carbocycles. The number of aromatic nitrogens is 2. The fraction of sp³-hybridized carbons (Fsp3) is 0.217. The summed E-state index contributed by atoms with van der Waals surface area (Å²) in [7, 11) is 0. The van der Waals surface area contributed by atoms with E-state index in [1.54, 1.807) is 12.1 Å². The standard InChI is InChI=1S/C23H20ClFN4OS/c1-14-2-5-16(24)12-19(14)28-8-10-29(11-9-28)23-26-20-18(13-31-21(20)22(30)27-23)15-3-6-17(25)7-4-15/h2-7,12-13H,8-11H2,1H3,(H,26,27,30). The van der Waals surface area contributed by atoms with E-state index in [-0.39, 0.29) is 11.4 Å². The summed E-state index contributed by atoms with van der Waals surface area (Å²) in [5, 5.41) is 2.63. The Hall–Kier alpha value is -2.90. The maximum absolute atomic E-state index is 13.3. The third-order valence-corrected chi connectivity index (χ3v) is 6.86. The summed E-state index contributed by atoms with van der Waals surface area (Å²) >= 11 is 7.55. The lowest BCUT2D eigenvalue weighted by Crippen LogP contribution is -2.47. The van der Waals surface area contributed by atoms with Crippen molar-refractivity contribution in [1.82, 2.24) is 9.97 Å². The first-order valence-electron chi connectivity index (χ1n) is 10.0. The van der Waals surface area contributed by atoms with Gasteiger partial charge in [0.2, 0.25) is 5.95 Å². The Labute approximate surface area is 187 Å². The van der Waals surface area contributed by atoms with Crippen LogP contribution in [-0.2, 0) is 0 Å². The maximum Gasteiger partial charge on any atom is 0.270 e. The lowest BCUT2D eigenvalue weighted by molar-refractivity contribution is 0.628. The molecule has 0 saturated carbocycles. The summed E-state index contributed by atoms with van der Waals surface area (Å²) in [5.41, 5.74) is 4.53. The number of thiophene rings is 1.